The molecule has 2 aromatic carbocycles. The number of nitrogens with one attached hydrogen (secondary N) is 2. The fourth-order valence-corrected chi connectivity index (χ4v) is 2.14. The molecule has 0 spiro atoms. The molecule has 0 atom stereocenters. The van der Waals surface area contributed by atoms with Gasteiger partial charge in [-0.05, 0) is 49.0 Å². The number of carbonyl (C=O) groups is 1. The molecule has 0 saturated heterocycles. The Morgan fingerprint density at radius 3 is 2.33 bits per heavy atom. The Balaban J connectivity index is 1.85. The fraction of sp³-hybridized carbons (Fsp3) is 0.125. The van der Waals surface area contributed by atoms with Gasteiger partial charge in [0.25, 0.3) is 5.91 Å². The third-order valence-corrected chi connectivity index (χ3v) is 3.68. The molecule has 0 radical (unpaired) electrons. The highest BCUT2D eigenvalue weighted by Gasteiger charge is 2.07. The maximum atomic E-state index is 12.0. The Kier molecular flexibility index (Phi) is 5.47. The molecule has 3 nitrogen and oxygen atoms in total. The highest BCUT2D eigenvalue weighted by molar-refractivity contribution is 9.10. The number of carbonyl (C=O) groups excluding carboxylic acids is 1. The summed E-state index contributed by atoms with van der Waals surface area (Å²) in [6, 6.07) is 15.3. The van der Waals surface area contributed by atoms with Crippen molar-refractivity contribution in [1.29, 1.82) is 0 Å². The third kappa shape index (κ3) is 4.95. The van der Waals surface area contributed by atoms with E-state index >= 15 is 0 Å². The van der Waals surface area contributed by atoms with Crippen LogP contribution in [0.15, 0.2) is 53.0 Å². The number of halogens is 1. The Morgan fingerprint density at radius 1 is 1.10 bits per heavy atom. The van der Waals surface area contributed by atoms with Crippen molar-refractivity contribution >= 4 is 39.2 Å². The van der Waals surface area contributed by atoms with Crippen molar-refractivity contribution in [3.63, 3.8) is 0 Å². The first-order valence-electron chi connectivity index (χ1n) is 6.45. The van der Waals surface area contributed by atoms with Gasteiger partial charge in [0.2, 0.25) is 0 Å². The van der Waals surface area contributed by atoms with Gasteiger partial charge in [-0.3, -0.25) is 10.1 Å². The predicted octanol–water partition coefficient (Wildman–Crippen LogP) is 3.56. The van der Waals surface area contributed by atoms with Crippen molar-refractivity contribution in [2.45, 2.75) is 13.5 Å². The molecule has 0 aliphatic carbocycles. The van der Waals surface area contributed by atoms with Gasteiger partial charge in [0, 0.05) is 16.6 Å². The molecular weight excluding hydrogens is 348 g/mol. The molecule has 0 bridgehead atoms. The smallest absolute Gasteiger partial charge is 0.257 e. The molecule has 0 heterocycles. The van der Waals surface area contributed by atoms with Crippen LogP contribution in [0, 0.1) is 6.92 Å². The van der Waals surface area contributed by atoms with E-state index in [4.69, 9.17) is 12.2 Å². The molecule has 108 valence electrons. The van der Waals surface area contributed by atoms with E-state index < -0.39 is 0 Å². The number of aryl methyl sites for hydroxylation is 1. The number of hydrogen-bond donors (Lipinski definition) is 2. The van der Waals surface area contributed by atoms with Crippen LogP contribution in [0.2, 0.25) is 0 Å². The summed E-state index contributed by atoms with van der Waals surface area (Å²) >= 11 is 8.46. The van der Waals surface area contributed by atoms with Gasteiger partial charge < -0.3 is 5.32 Å². The van der Waals surface area contributed by atoms with Crippen molar-refractivity contribution in [3.8, 4) is 0 Å². The van der Waals surface area contributed by atoms with Crippen molar-refractivity contribution in [1.82, 2.24) is 10.6 Å². The molecule has 5 heteroatoms. The van der Waals surface area contributed by atoms with Gasteiger partial charge in [0.1, 0.15) is 0 Å². The van der Waals surface area contributed by atoms with Gasteiger partial charge in [-0.1, -0.05) is 45.8 Å². The van der Waals surface area contributed by atoms with Crippen LogP contribution in [0.4, 0.5) is 0 Å². The van der Waals surface area contributed by atoms with E-state index in [-0.39, 0.29) is 5.91 Å². The monoisotopic (exact) mass is 362 g/mol. The van der Waals surface area contributed by atoms with E-state index in [2.05, 4.69) is 26.6 Å². The summed E-state index contributed by atoms with van der Waals surface area (Å²) in [5, 5.41) is 6.01. The van der Waals surface area contributed by atoms with E-state index in [1.807, 2.05) is 43.3 Å². The van der Waals surface area contributed by atoms with Gasteiger partial charge in [-0.15, -0.1) is 0 Å². The van der Waals surface area contributed by atoms with Crippen LogP contribution in [0.3, 0.4) is 0 Å². The first-order valence-corrected chi connectivity index (χ1v) is 7.65. The second kappa shape index (κ2) is 7.33. The molecule has 0 saturated carbocycles. The van der Waals surface area contributed by atoms with Crippen LogP contribution in [-0.4, -0.2) is 11.0 Å². The minimum absolute atomic E-state index is 0.219. The lowest BCUT2D eigenvalue weighted by Crippen LogP contribution is -2.38. The van der Waals surface area contributed by atoms with Crippen LogP contribution < -0.4 is 10.6 Å². The van der Waals surface area contributed by atoms with Crippen molar-refractivity contribution < 1.29 is 4.79 Å². The van der Waals surface area contributed by atoms with E-state index in [0.29, 0.717) is 17.2 Å². The average Bonchev–Trinajstić information content (AvgIpc) is 2.47. The standard InChI is InChI=1S/C16H15BrN2OS/c1-11-2-4-12(5-3-11)10-18-16(21)19-15(20)13-6-8-14(17)9-7-13/h2-9H,10H2,1H3,(H2,18,19,20,21). The third-order valence-electron chi connectivity index (χ3n) is 2.91. The van der Waals surface area contributed by atoms with Gasteiger partial charge in [-0.25, -0.2) is 0 Å². The quantitative estimate of drug-likeness (QED) is 0.820. The Bertz CT molecular complexity index is 638. The van der Waals surface area contributed by atoms with Crippen molar-refractivity contribution in [3.05, 3.63) is 69.7 Å². The van der Waals surface area contributed by atoms with Crippen LogP contribution >= 0.6 is 28.1 Å². The predicted molar refractivity (Wildman–Crippen MR) is 92.2 cm³/mol. The summed E-state index contributed by atoms with van der Waals surface area (Å²) in [6.45, 7) is 2.63. The SMILES string of the molecule is Cc1ccc(CNC(=S)NC(=O)c2ccc(Br)cc2)cc1. The van der Waals surface area contributed by atoms with Gasteiger partial charge in [-0.2, -0.15) is 0 Å². The zero-order chi connectivity index (χ0) is 15.2. The van der Waals surface area contributed by atoms with E-state index in [0.717, 1.165) is 10.0 Å². The lowest BCUT2D eigenvalue weighted by Gasteiger charge is -2.10. The van der Waals surface area contributed by atoms with Crippen molar-refractivity contribution in [2.75, 3.05) is 0 Å². The topological polar surface area (TPSA) is 41.1 Å². The molecule has 21 heavy (non-hydrogen) atoms. The van der Waals surface area contributed by atoms with E-state index in [9.17, 15) is 4.79 Å². The van der Waals surface area contributed by atoms with Crippen molar-refractivity contribution in [2.24, 2.45) is 0 Å². The molecule has 2 rings (SSSR count). The lowest BCUT2D eigenvalue weighted by molar-refractivity contribution is 0.0976. The van der Waals surface area contributed by atoms with Crippen LogP contribution in [0.5, 0.6) is 0 Å². The summed E-state index contributed by atoms with van der Waals surface area (Å²) in [7, 11) is 0. The minimum atomic E-state index is -0.219. The van der Waals surface area contributed by atoms with E-state index in [1.165, 1.54) is 5.56 Å². The zero-order valence-electron chi connectivity index (χ0n) is 11.5. The summed E-state index contributed by atoms with van der Waals surface area (Å²) in [5.74, 6) is -0.219. The molecule has 0 aliphatic heterocycles. The zero-order valence-corrected chi connectivity index (χ0v) is 13.9. The number of amides is 1. The second-order valence-corrected chi connectivity index (χ2v) is 5.95. The minimum Gasteiger partial charge on any atom is -0.358 e. The molecule has 0 aliphatic rings. The lowest BCUT2D eigenvalue weighted by atomic mass is 10.1. The molecule has 2 N–H and O–H groups in total. The van der Waals surface area contributed by atoms with Crippen LogP contribution in [0.1, 0.15) is 21.5 Å². The molecule has 1 amide bonds. The highest BCUT2D eigenvalue weighted by atomic mass is 79.9. The Labute approximate surface area is 137 Å². The molecule has 0 fully saturated rings. The molecular formula is C16H15BrN2OS. The largest absolute Gasteiger partial charge is 0.358 e. The van der Waals surface area contributed by atoms with Crippen LogP contribution in [-0.2, 0) is 6.54 Å². The molecule has 0 aromatic heterocycles. The number of benzene rings is 2. The summed E-state index contributed by atoms with van der Waals surface area (Å²) < 4.78 is 0.930. The molecule has 2 aromatic rings. The van der Waals surface area contributed by atoms with Gasteiger partial charge in [0.15, 0.2) is 5.11 Å². The highest BCUT2D eigenvalue weighted by Crippen LogP contribution is 2.10. The first-order chi connectivity index (χ1) is 10.0. The molecule has 0 unspecified atom stereocenters. The normalized spacial score (nSPS) is 10.0. The summed E-state index contributed by atoms with van der Waals surface area (Å²) in [5.41, 5.74) is 2.89. The van der Waals surface area contributed by atoms with Gasteiger partial charge in [0.05, 0.1) is 0 Å². The first kappa shape index (κ1) is 15.7. The maximum absolute atomic E-state index is 12.0. The Morgan fingerprint density at radius 2 is 1.71 bits per heavy atom. The van der Waals surface area contributed by atoms with Crippen LogP contribution in [0.25, 0.3) is 0 Å². The second-order valence-electron chi connectivity index (χ2n) is 4.63. The van der Waals surface area contributed by atoms with E-state index in [1.54, 1.807) is 12.1 Å². The maximum Gasteiger partial charge on any atom is 0.257 e. The Hall–Kier alpha value is -1.72. The average molecular weight is 363 g/mol. The summed E-state index contributed by atoms with van der Waals surface area (Å²) in [4.78, 5) is 12.0. The number of rotatable bonds is 3. The number of hydrogen-bond acceptors (Lipinski definition) is 2. The fourth-order valence-electron chi connectivity index (χ4n) is 1.71. The summed E-state index contributed by atoms with van der Waals surface area (Å²) in [6.07, 6.45) is 0. The number of thiocarbonyl (C=S) groups is 1. The van der Waals surface area contributed by atoms with Gasteiger partial charge >= 0.3 is 0 Å².